The van der Waals surface area contributed by atoms with Crippen molar-refractivity contribution in [2.75, 3.05) is 0 Å². The zero-order valence-electron chi connectivity index (χ0n) is 13.8. The van der Waals surface area contributed by atoms with Crippen molar-refractivity contribution < 1.29 is 14.7 Å². The second-order valence-electron chi connectivity index (χ2n) is 7.05. The predicted molar refractivity (Wildman–Crippen MR) is 87.8 cm³/mol. The van der Waals surface area contributed by atoms with Gasteiger partial charge in [-0.25, -0.2) is 0 Å². The van der Waals surface area contributed by atoms with E-state index in [-0.39, 0.29) is 29.7 Å². The van der Waals surface area contributed by atoms with Crippen molar-refractivity contribution in [3.05, 3.63) is 35.4 Å². The monoisotopic (exact) mass is 315 g/mol. The van der Waals surface area contributed by atoms with Gasteiger partial charge >= 0.3 is 5.97 Å². The minimum absolute atomic E-state index is 0.0864. The lowest BCUT2D eigenvalue weighted by Crippen LogP contribution is -2.42. The first-order valence-electron chi connectivity index (χ1n) is 8.63. The van der Waals surface area contributed by atoms with Crippen molar-refractivity contribution in [3.8, 4) is 0 Å². The number of hydrogen-bond donors (Lipinski definition) is 2. The number of amides is 1. The third kappa shape index (κ3) is 2.99. The number of carboxylic acid groups (broad SMARTS) is 1. The Bertz CT molecular complexity index is 595. The van der Waals surface area contributed by atoms with E-state index in [4.69, 9.17) is 0 Å². The molecule has 4 nitrogen and oxygen atoms in total. The Morgan fingerprint density at radius 2 is 1.78 bits per heavy atom. The summed E-state index contributed by atoms with van der Waals surface area (Å²) in [6, 6.07) is 8.14. The highest BCUT2D eigenvalue weighted by molar-refractivity contribution is 5.86. The molecule has 0 radical (unpaired) electrons. The quantitative estimate of drug-likeness (QED) is 0.877. The molecule has 2 aliphatic rings. The second-order valence-corrected chi connectivity index (χ2v) is 7.05. The fourth-order valence-electron chi connectivity index (χ4n) is 4.46. The van der Waals surface area contributed by atoms with Crippen LogP contribution in [0.3, 0.4) is 0 Å². The molecule has 0 saturated heterocycles. The summed E-state index contributed by atoms with van der Waals surface area (Å²) in [4.78, 5) is 24.2. The number of aryl methyl sites for hydroxylation is 1. The molecule has 2 bridgehead atoms. The molecule has 23 heavy (non-hydrogen) atoms. The van der Waals surface area contributed by atoms with Crippen LogP contribution in [0.4, 0.5) is 0 Å². The summed E-state index contributed by atoms with van der Waals surface area (Å²) in [5.74, 6) is -1.32. The Labute approximate surface area is 137 Å². The Morgan fingerprint density at radius 3 is 2.35 bits per heavy atom. The molecule has 1 aromatic carbocycles. The van der Waals surface area contributed by atoms with Gasteiger partial charge in [-0.15, -0.1) is 0 Å². The number of carboxylic acids is 1. The third-order valence-electron chi connectivity index (χ3n) is 5.75. The summed E-state index contributed by atoms with van der Waals surface area (Å²) in [5, 5.41) is 12.5. The number of aliphatic carboxylic acids is 1. The van der Waals surface area contributed by atoms with Crippen LogP contribution in [-0.2, 0) is 16.0 Å². The molecule has 3 rings (SSSR count). The number of benzene rings is 1. The van der Waals surface area contributed by atoms with Crippen LogP contribution in [0, 0.1) is 23.7 Å². The molecule has 2 N–H and O–H groups in total. The standard InChI is InChI=1S/C19H25NO3/c1-3-12-4-6-13(7-5-12)11(2)20-18(21)16-14-8-9-15(10-14)17(16)19(22)23/h4-7,11,14-17H,3,8-10H2,1-2H3,(H,20,21)(H,22,23)/t11-,14+,15-,16-,17-/m0/s1. The van der Waals surface area contributed by atoms with Crippen molar-refractivity contribution in [2.45, 2.75) is 45.6 Å². The molecule has 1 aromatic rings. The van der Waals surface area contributed by atoms with E-state index in [1.54, 1.807) is 0 Å². The van der Waals surface area contributed by atoms with Crippen LogP contribution in [0.15, 0.2) is 24.3 Å². The maximum Gasteiger partial charge on any atom is 0.307 e. The topological polar surface area (TPSA) is 66.4 Å². The Hall–Kier alpha value is -1.84. The number of carbonyl (C=O) groups is 2. The van der Waals surface area contributed by atoms with E-state index < -0.39 is 11.9 Å². The number of nitrogens with one attached hydrogen (secondary N) is 1. The van der Waals surface area contributed by atoms with Crippen LogP contribution in [0.1, 0.15) is 50.3 Å². The van der Waals surface area contributed by atoms with Gasteiger partial charge in [0.05, 0.1) is 17.9 Å². The van der Waals surface area contributed by atoms with Crippen LogP contribution in [0.25, 0.3) is 0 Å². The second kappa shape index (κ2) is 6.34. The summed E-state index contributed by atoms with van der Waals surface area (Å²) >= 11 is 0. The first-order valence-corrected chi connectivity index (χ1v) is 8.63. The minimum atomic E-state index is -0.808. The molecule has 4 heteroatoms. The Morgan fingerprint density at radius 1 is 1.17 bits per heavy atom. The molecule has 0 unspecified atom stereocenters. The fourth-order valence-corrected chi connectivity index (χ4v) is 4.46. The van der Waals surface area contributed by atoms with Crippen LogP contribution >= 0.6 is 0 Å². The summed E-state index contributed by atoms with van der Waals surface area (Å²) in [5.41, 5.74) is 2.33. The molecule has 2 saturated carbocycles. The van der Waals surface area contributed by atoms with Crippen molar-refractivity contribution in [2.24, 2.45) is 23.7 Å². The molecule has 2 aliphatic carbocycles. The molecule has 0 aliphatic heterocycles. The van der Waals surface area contributed by atoms with Gasteiger partial charge in [-0.1, -0.05) is 31.2 Å². The highest BCUT2D eigenvalue weighted by Gasteiger charge is 2.54. The van der Waals surface area contributed by atoms with Crippen LogP contribution in [-0.4, -0.2) is 17.0 Å². The zero-order chi connectivity index (χ0) is 16.6. The number of fused-ring (bicyclic) bond motifs is 2. The lowest BCUT2D eigenvalue weighted by Gasteiger charge is -2.28. The fraction of sp³-hybridized carbons (Fsp3) is 0.579. The molecule has 5 atom stereocenters. The van der Waals surface area contributed by atoms with Gasteiger partial charge in [-0.2, -0.15) is 0 Å². The molecule has 0 aromatic heterocycles. The smallest absolute Gasteiger partial charge is 0.307 e. The normalized spacial score (nSPS) is 30.2. The van der Waals surface area contributed by atoms with Crippen LogP contribution in [0.5, 0.6) is 0 Å². The number of rotatable bonds is 5. The van der Waals surface area contributed by atoms with Crippen molar-refractivity contribution in [3.63, 3.8) is 0 Å². The average molecular weight is 315 g/mol. The maximum atomic E-state index is 12.7. The van der Waals surface area contributed by atoms with E-state index in [0.717, 1.165) is 31.2 Å². The van der Waals surface area contributed by atoms with E-state index in [1.807, 2.05) is 19.1 Å². The first-order chi connectivity index (χ1) is 11.0. The largest absolute Gasteiger partial charge is 0.481 e. The molecule has 0 heterocycles. The average Bonchev–Trinajstić information content (AvgIpc) is 3.15. The van der Waals surface area contributed by atoms with E-state index in [0.29, 0.717) is 0 Å². The first kappa shape index (κ1) is 16.0. The van der Waals surface area contributed by atoms with Gasteiger partial charge in [0.2, 0.25) is 5.91 Å². The molecule has 124 valence electrons. The van der Waals surface area contributed by atoms with Crippen molar-refractivity contribution in [1.82, 2.24) is 5.32 Å². The van der Waals surface area contributed by atoms with E-state index in [9.17, 15) is 14.7 Å². The van der Waals surface area contributed by atoms with Gasteiger partial charge in [-0.3, -0.25) is 9.59 Å². The van der Waals surface area contributed by atoms with E-state index in [2.05, 4.69) is 24.4 Å². The molecule has 0 spiro atoms. The van der Waals surface area contributed by atoms with E-state index >= 15 is 0 Å². The highest BCUT2D eigenvalue weighted by atomic mass is 16.4. The molecular weight excluding hydrogens is 290 g/mol. The van der Waals surface area contributed by atoms with Crippen molar-refractivity contribution in [1.29, 1.82) is 0 Å². The van der Waals surface area contributed by atoms with Crippen LogP contribution in [0.2, 0.25) is 0 Å². The molecular formula is C19H25NO3. The predicted octanol–water partition coefficient (Wildman–Crippen LogP) is 3.17. The van der Waals surface area contributed by atoms with Crippen LogP contribution < -0.4 is 5.32 Å². The summed E-state index contributed by atoms with van der Waals surface area (Å²) in [7, 11) is 0. The van der Waals surface area contributed by atoms with Crippen molar-refractivity contribution >= 4 is 11.9 Å². The number of carbonyl (C=O) groups excluding carboxylic acids is 1. The zero-order valence-corrected chi connectivity index (χ0v) is 13.8. The SMILES string of the molecule is CCc1ccc([C@H](C)NC(=O)[C@H]2[C@@H]3CC[C@@H](C3)[C@@H]2C(=O)O)cc1. The molecule has 2 fully saturated rings. The van der Waals surface area contributed by atoms with E-state index in [1.165, 1.54) is 5.56 Å². The number of hydrogen-bond acceptors (Lipinski definition) is 2. The highest BCUT2D eigenvalue weighted by Crippen LogP contribution is 2.52. The minimum Gasteiger partial charge on any atom is -0.481 e. The lowest BCUT2D eigenvalue weighted by molar-refractivity contribution is -0.149. The van der Waals surface area contributed by atoms with Gasteiger partial charge in [0.25, 0.3) is 0 Å². The summed E-state index contributed by atoms with van der Waals surface area (Å²) < 4.78 is 0. The summed E-state index contributed by atoms with van der Waals surface area (Å²) in [6.45, 7) is 4.07. The Kier molecular flexibility index (Phi) is 4.42. The molecule has 1 amide bonds. The summed E-state index contributed by atoms with van der Waals surface area (Å²) in [6.07, 6.45) is 3.84. The van der Waals surface area contributed by atoms with Gasteiger partial charge in [0.1, 0.15) is 0 Å². The lowest BCUT2D eigenvalue weighted by atomic mass is 9.78. The van der Waals surface area contributed by atoms with Gasteiger partial charge in [0.15, 0.2) is 0 Å². The Balaban J connectivity index is 1.69. The van der Waals surface area contributed by atoms with Gasteiger partial charge < -0.3 is 10.4 Å². The van der Waals surface area contributed by atoms with Gasteiger partial charge in [0, 0.05) is 0 Å². The van der Waals surface area contributed by atoms with Gasteiger partial charge in [-0.05, 0) is 55.6 Å². The maximum absolute atomic E-state index is 12.7. The third-order valence-corrected chi connectivity index (χ3v) is 5.75.